The molecule has 0 fully saturated rings. The zero-order valence-corrected chi connectivity index (χ0v) is 13.6. The van der Waals surface area contributed by atoms with Crippen molar-refractivity contribution in [1.29, 1.82) is 0 Å². The standard InChI is InChI=1S/C14H24N2O4S/c1-12-4-5-13(11-15)10-14(12)21(17,18)16(6-8-19-2)7-9-20-3/h4-5,10H,6-9,11,15H2,1-3H3. The third kappa shape index (κ3) is 4.76. The maximum Gasteiger partial charge on any atom is 0.243 e. The van der Waals surface area contributed by atoms with Gasteiger partial charge in [0.25, 0.3) is 0 Å². The number of methoxy groups -OCH3 is 2. The maximum atomic E-state index is 12.8. The van der Waals surface area contributed by atoms with E-state index in [0.29, 0.717) is 25.3 Å². The lowest BCUT2D eigenvalue weighted by atomic mass is 10.1. The van der Waals surface area contributed by atoms with Crippen molar-refractivity contribution in [3.8, 4) is 0 Å². The van der Waals surface area contributed by atoms with E-state index in [4.69, 9.17) is 15.2 Å². The van der Waals surface area contributed by atoms with Gasteiger partial charge in [0.2, 0.25) is 10.0 Å². The highest BCUT2D eigenvalue weighted by atomic mass is 32.2. The Bertz CT molecular complexity index is 538. The summed E-state index contributed by atoms with van der Waals surface area (Å²) in [6, 6.07) is 5.25. The first kappa shape index (κ1) is 18.1. The Hall–Kier alpha value is -0.990. The second-order valence-corrected chi connectivity index (χ2v) is 6.60. The predicted octanol–water partition coefficient (Wildman–Crippen LogP) is 0.737. The summed E-state index contributed by atoms with van der Waals surface area (Å²) >= 11 is 0. The van der Waals surface area contributed by atoms with Gasteiger partial charge in [-0.2, -0.15) is 4.31 Å². The van der Waals surface area contributed by atoms with Gasteiger partial charge in [0.15, 0.2) is 0 Å². The highest BCUT2D eigenvalue weighted by Crippen LogP contribution is 2.21. The van der Waals surface area contributed by atoms with Gasteiger partial charge in [0.05, 0.1) is 18.1 Å². The smallest absolute Gasteiger partial charge is 0.243 e. The number of nitrogens with zero attached hydrogens (tertiary/aromatic N) is 1. The van der Waals surface area contributed by atoms with E-state index < -0.39 is 10.0 Å². The van der Waals surface area contributed by atoms with Crippen molar-refractivity contribution in [1.82, 2.24) is 4.31 Å². The molecule has 0 saturated heterocycles. The molecule has 21 heavy (non-hydrogen) atoms. The van der Waals surface area contributed by atoms with Crippen molar-refractivity contribution in [2.24, 2.45) is 5.73 Å². The quantitative estimate of drug-likeness (QED) is 0.726. The molecule has 0 saturated carbocycles. The fourth-order valence-electron chi connectivity index (χ4n) is 1.93. The van der Waals surface area contributed by atoms with Crippen molar-refractivity contribution in [2.45, 2.75) is 18.4 Å². The molecule has 0 spiro atoms. The molecule has 1 rings (SSSR count). The zero-order chi connectivity index (χ0) is 15.9. The third-order valence-electron chi connectivity index (χ3n) is 3.20. The fraction of sp³-hybridized carbons (Fsp3) is 0.571. The molecule has 2 N–H and O–H groups in total. The molecule has 0 atom stereocenters. The summed E-state index contributed by atoms with van der Waals surface area (Å²) < 4.78 is 37.0. The average molecular weight is 316 g/mol. The van der Waals surface area contributed by atoms with E-state index in [1.165, 1.54) is 4.31 Å². The molecule has 0 amide bonds. The number of rotatable bonds is 9. The first-order valence-corrected chi connectivity index (χ1v) is 8.19. The summed E-state index contributed by atoms with van der Waals surface area (Å²) in [6.07, 6.45) is 0. The molecule has 0 aliphatic carbocycles. The topological polar surface area (TPSA) is 81.9 Å². The summed E-state index contributed by atoms with van der Waals surface area (Å²) in [7, 11) is -0.505. The number of hydrogen-bond acceptors (Lipinski definition) is 5. The molecular weight excluding hydrogens is 292 g/mol. The van der Waals surface area contributed by atoms with Crippen LogP contribution in [-0.4, -0.2) is 53.2 Å². The van der Waals surface area contributed by atoms with E-state index in [1.54, 1.807) is 33.3 Å². The Morgan fingerprint density at radius 3 is 2.19 bits per heavy atom. The van der Waals surface area contributed by atoms with E-state index in [9.17, 15) is 8.42 Å². The number of hydrogen-bond donors (Lipinski definition) is 1. The fourth-order valence-corrected chi connectivity index (χ4v) is 3.61. The highest BCUT2D eigenvalue weighted by Gasteiger charge is 2.25. The Kier molecular flexibility index (Phi) is 7.27. The summed E-state index contributed by atoms with van der Waals surface area (Å²) in [6.45, 7) is 3.32. The van der Waals surface area contributed by atoms with Crippen molar-refractivity contribution in [3.63, 3.8) is 0 Å². The molecule has 0 bridgehead atoms. The van der Waals surface area contributed by atoms with Gasteiger partial charge in [-0.05, 0) is 24.1 Å². The van der Waals surface area contributed by atoms with Crippen LogP contribution in [0.3, 0.4) is 0 Å². The normalized spacial score (nSPS) is 12.0. The lowest BCUT2D eigenvalue weighted by molar-refractivity contribution is 0.150. The molecule has 1 aromatic carbocycles. The van der Waals surface area contributed by atoms with E-state index >= 15 is 0 Å². The molecule has 0 heterocycles. The Morgan fingerprint density at radius 1 is 1.14 bits per heavy atom. The SMILES string of the molecule is COCCN(CCOC)S(=O)(=O)c1cc(CN)ccc1C. The number of benzene rings is 1. The molecule has 7 heteroatoms. The van der Waals surface area contributed by atoms with Crippen LogP contribution in [0.5, 0.6) is 0 Å². The molecule has 120 valence electrons. The van der Waals surface area contributed by atoms with Gasteiger partial charge < -0.3 is 15.2 Å². The van der Waals surface area contributed by atoms with Gasteiger partial charge in [-0.1, -0.05) is 12.1 Å². The van der Waals surface area contributed by atoms with Gasteiger partial charge in [-0.25, -0.2) is 8.42 Å². The van der Waals surface area contributed by atoms with Gasteiger partial charge in [0.1, 0.15) is 0 Å². The van der Waals surface area contributed by atoms with Gasteiger partial charge >= 0.3 is 0 Å². The van der Waals surface area contributed by atoms with Crippen molar-refractivity contribution >= 4 is 10.0 Å². The van der Waals surface area contributed by atoms with E-state index in [2.05, 4.69) is 0 Å². The largest absolute Gasteiger partial charge is 0.383 e. The van der Waals surface area contributed by atoms with Crippen LogP contribution < -0.4 is 5.73 Å². The summed E-state index contributed by atoms with van der Waals surface area (Å²) in [5.74, 6) is 0. The number of aryl methyl sites for hydroxylation is 1. The third-order valence-corrected chi connectivity index (χ3v) is 5.24. The average Bonchev–Trinajstić information content (AvgIpc) is 2.47. The number of sulfonamides is 1. The molecule has 1 aromatic rings. The predicted molar refractivity (Wildman–Crippen MR) is 81.6 cm³/mol. The van der Waals surface area contributed by atoms with Crippen LogP contribution in [0.15, 0.2) is 23.1 Å². The van der Waals surface area contributed by atoms with Crippen LogP contribution in [0.2, 0.25) is 0 Å². The van der Waals surface area contributed by atoms with Crippen LogP contribution >= 0.6 is 0 Å². The van der Waals surface area contributed by atoms with E-state index in [-0.39, 0.29) is 18.0 Å². The molecule has 0 aliphatic heterocycles. The summed E-state index contributed by atoms with van der Waals surface area (Å²) in [5, 5.41) is 0. The monoisotopic (exact) mass is 316 g/mol. The minimum absolute atomic E-state index is 0.286. The summed E-state index contributed by atoms with van der Waals surface area (Å²) in [4.78, 5) is 0.289. The Labute approximate surface area is 126 Å². The highest BCUT2D eigenvalue weighted by molar-refractivity contribution is 7.89. The van der Waals surface area contributed by atoms with E-state index in [0.717, 1.165) is 5.56 Å². The molecule has 0 unspecified atom stereocenters. The molecule has 0 aromatic heterocycles. The summed E-state index contributed by atoms with van der Waals surface area (Å²) in [5.41, 5.74) is 7.09. The minimum Gasteiger partial charge on any atom is -0.383 e. The van der Waals surface area contributed by atoms with Gasteiger partial charge in [0, 0.05) is 33.9 Å². The molecule has 6 nitrogen and oxygen atoms in total. The van der Waals surface area contributed by atoms with Crippen LogP contribution in [0.4, 0.5) is 0 Å². The lowest BCUT2D eigenvalue weighted by Crippen LogP contribution is -2.36. The zero-order valence-electron chi connectivity index (χ0n) is 12.8. The van der Waals surface area contributed by atoms with Crippen LogP contribution in [-0.2, 0) is 26.0 Å². The van der Waals surface area contributed by atoms with Crippen molar-refractivity contribution in [3.05, 3.63) is 29.3 Å². The van der Waals surface area contributed by atoms with E-state index in [1.807, 2.05) is 6.07 Å². The second-order valence-electron chi connectivity index (χ2n) is 4.69. The Morgan fingerprint density at radius 2 is 1.71 bits per heavy atom. The first-order valence-electron chi connectivity index (χ1n) is 6.75. The molecular formula is C14H24N2O4S. The van der Waals surface area contributed by atoms with Gasteiger partial charge in [-0.3, -0.25) is 0 Å². The van der Waals surface area contributed by atoms with Crippen LogP contribution in [0, 0.1) is 6.92 Å². The Balaban J connectivity index is 3.14. The number of nitrogens with two attached hydrogens (primary N) is 1. The van der Waals surface area contributed by atoms with Crippen molar-refractivity contribution in [2.75, 3.05) is 40.5 Å². The maximum absolute atomic E-state index is 12.8. The van der Waals surface area contributed by atoms with Crippen LogP contribution in [0.25, 0.3) is 0 Å². The molecule has 0 radical (unpaired) electrons. The van der Waals surface area contributed by atoms with Gasteiger partial charge in [-0.15, -0.1) is 0 Å². The van der Waals surface area contributed by atoms with Crippen molar-refractivity contribution < 1.29 is 17.9 Å². The minimum atomic E-state index is -3.59. The first-order chi connectivity index (χ1) is 9.97. The second kappa shape index (κ2) is 8.45. The molecule has 0 aliphatic rings. The van der Waals surface area contributed by atoms with Crippen LogP contribution in [0.1, 0.15) is 11.1 Å². The lowest BCUT2D eigenvalue weighted by Gasteiger charge is -2.23. The number of ether oxygens (including phenoxy) is 2.